The van der Waals surface area contributed by atoms with Crippen molar-refractivity contribution in [1.29, 1.82) is 0 Å². The number of esters is 1. The Morgan fingerprint density at radius 2 is 2.20 bits per heavy atom. The van der Waals surface area contributed by atoms with Crippen LogP contribution in [-0.4, -0.2) is 43.0 Å². The third-order valence-corrected chi connectivity index (χ3v) is 3.40. The van der Waals surface area contributed by atoms with Gasteiger partial charge in [0.05, 0.1) is 30.6 Å². The topological polar surface area (TPSA) is 134 Å². The van der Waals surface area contributed by atoms with Crippen LogP contribution in [-0.2, 0) is 23.1 Å². The molecule has 0 saturated heterocycles. The smallest absolute Gasteiger partial charge is 0.408 e. The molecule has 1 N–H and O–H groups in total. The molecule has 0 fully saturated rings. The molecule has 0 aliphatic rings. The van der Waals surface area contributed by atoms with Crippen LogP contribution in [0.4, 0.5) is 11.6 Å². The second kappa shape index (κ2) is 7.75. The summed E-state index contributed by atoms with van der Waals surface area (Å²) >= 11 is 5.69. The molecule has 0 atom stereocenters. The Morgan fingerprint density at radius 3 is 2.80 bits per heavy atom. The minimum atomic E-state index is -0.708. The molecule has 2 aromatic rings. The van der Waals surface area contributed by atoms with Crippen molar-refractivity contribution >= 4 is 35.1 Å². The van der Waals surface area contributed by atoms with Crippen LogP contribution in [0.1, 0.15) is 23.7 Å². The number of aromatic nitrogens is 4. The Labute approximate surface area is 146 Å². The molecule has 12 heteroatoms. The maximum absolute atomic E-state index is 12.1. The van der Waals surface area contributed by atoms with Crippen LogP contribution < -0.4 is 5.32 Å². The van der Waals surface area contributed by atoms with Gasteiger partial charge in [0.15, 0.2) is 5.02 Å². The van der Waals surface area contributed by atoms with Crippen molar-refractivity contribution in [3.63, 3.8) is 0 Å². The molecule has 0 saturated carbocycles. The summed E-state index contributed by atoms with van der Waals surface area (Å²) in [6.07, 6.45) is 2.52. The number of anilines is 1. The van der Waals surface area contributed by atoms with Crippen LogP contribution in [0, 0.1) is 10.1 Å². The minimum absolute atomic E-state index is 0.0391. The molecule has 0 radical (unpaired) electrons. The third kappa shape index (κ3) is 4.32. The minimum Gasteiger partial charge on any atom is -0.462 e. The molecule has 0 spiro atoms. The predicted octanol–water partition coefficient (Wildman–Crippen LogP) is 1.38. The van der Waals surface area contributed by atoms with Crippen molar-refractivity contribution in [3.05, 3.63) is 33.1 Å². The average molecular weight is 371 g/mol. The van der Waals surface area contributed by atoms with Gasteiger partial charge in [0.1, 0.15) is 11.4 Å². The van der Waals surface area contributed by atoms with Crippen LogP contribution in [0.25, 0.3) is 0 Å². The highest BCUT2D eigenvalue weighted by Gasteiger charge is 2.21. The SMILES string of the molecule is CCOC(=O)c1cnn(C)c1NC(=O)CCn1cc(Cl)c([N+](=O)[O-])n1. The number of aryl methyl sites for hydroxylation is 2. The molecule has 0 unspecified atom stereocenters. The lowest BCUT2D eigenvalue weighted by Crippen LogP contribution is -2.19. The van der Waals surface area contributed by atoms with E-state index in [-0.39, 0.29) is 36.0 Å². The fraction of sp³-hybridized carbons (Fsp3) is 0.385. The van der Waals surface area contributed by atoms with Gasteiger partial charge in [0.25, 0.3) is 0 Å². The van der Waals surface area contributed by atoms with E-state index >= 15 is 0 Å². The van der Waals surface area contributed by atoms with Crippen LogP contribution in [0.15, 0.2) is 12.4 Å². The van der Waals surface area contributed by atoms with Gasteiger partial charge in [-0.2, -0.15) is 9.78 Å². The zero-order valence-electron chi connectivity index (χ0n) is 13.4. The highest BCUT2D eigenvalue weighted by molar-refractivity contribution is 6.32. The summed E-state index contributed by atoms with van der Waals surface area (Å²) in [4.78, 5) is 33.9. The van der Waals surface area contributed by atoms with Gasteiger partial charge in [0.2, 0.25) is 5.91 Å². The molecule has 0 aromatic carbocycles. The van der Waals surface area contributed by atoms with Crippen molar-refractivity contribution in [3.8, 4) is 0 Å². The number of nitro groups is 1. The first kappa shape index (κ1) is 18.4. The van der Waals surface area contributed by atoms with E-state index in [9.17, 15) is 19.7 Å². The maximum Gasteiger partial charge on any atom is 0.408 e. The normalized spacial score (nSPS) is 10.5. The summed E-state index contributed by atoms with van der Waals surface area (Å²) in [7, 11) is 1.56. The second-order valence-corrected chi connectivity index (χ2v) is 5.28. The lowest BCUT2D eigenvalue weighted by Gasteiger charge is -2.07. The summed E-state index contributed by atoms with van der Waals surface area (Å²) in [6, 6.07) is 0. The number of halogens is 1. The summed E-state index contributed by atoms with van der Waals surface area (Å²) in [6.45, 7) is 1.94. The molecule has 11 nitrogen and oxygen atoms in total. The standard InChI is InChI=1S/C13H15ClN6O5/c1-3-25-13(22)8-6-15-18(2)11(8)16-10(21)4-5-19-7-9(14)12(17-19)20(23)24/h6-7H,3-5H2,1-2H3,(H,16,21). The first-order valence-electron chi connectivity index (χ1n) is 7.19. The van der Waals surface area contributed by atoms with Gasteiger partial charge >= 0.3 is 11.8 Å². The molecule has 2 heterocycles. The van der Waals surface area contributed by atoms with Crippen molar-refractivity contribution in [2.24, 2.45) is 7.05 Å². The van der Waals surface area contributed by atoms with E-state index in [2.05, 4.69) is 15.5 Å². The highest BCUT2D eigenvalue weighted by Crippen LogP contribution is 2.21. The summed E-state index contributed by atoms with van der Waals surface area (Å²) in [5.41, 5.74) is 0.135. The quantitative estimate of drug-likeness (QED) is 0.442. The number of amides is 1. The summed E-state index contributed by atoms with van der Waals surface area (Å²) in [5.74, 6) is -1.30. The summed E-state index contributed by atoms with van der Waals surface area (Å²) in [5, 5.41) is 20.7. The van der Waals surface area contributed by atoms with Gasteiger partial charge in [-0.1, -0.05) is 11.6 Å². The van der Waals surface area contributed by atoms with E-state index in [1.807, 2.05) is 0 Å². The molecule has 134 valence electrons. The van der Waals surface area contributed by atoms with Crippen LogP contribution >= 0.6 is 11.6 Å². The van der Waals surface area contributed by atoms with Crippen molar-refractivity contribution in [2.75, 3.05) is 11.9 Å². The predicted molar refractivity (Wildman–Crippen MR) is 86.3 cm³/mol. The van der Waals surface area contributed by atoms with Crippen molar-refractivity contribution < 1.29 is 19.2 Å². The molecular formula is C13H15ClN6O5. The molecule has 25 heavy (non-hydrogen) atoms. The van der Waals surface area contributed by atoms with Gasteiger partial charge in [-0.05, 0) is 11.8 Å². The fourth-order valence-corrected chi connectivity index (χ4v) is 2.20. The number of hydrogen-bond donors (Lipinski definition) is 1. The molecule has 1 amide bonds. The van der Waals surface area contributed by atoms with Crippen LogP contribution in [0.5, 0.6) is 0 Å². The first-order valence-corrected chi connectivity index (χ1v) is 7.57. The van der Waals surface area contributed by atoms with Crippen molar-refractivity contribution in [2.45, 2.75) is 19.9 Å². The number of ether oxygens (including phenoxy) is 1. The molecule has 0 aliphatic heterocycles. The van der Waals surface area contributed by atoms with Gasteiger partial charge in [0, 0.05) is 13.5 Å². The van der Waals surface area contributed by atoms with Gasteiger partial charge in [-0.15, -0.1) is 0 Å². The molecule has 2 rings (SSSR count). The monoisotopic (exact) mass is 370 g/mol. The maximum atomic E-state index is 12.1. The van der Waals surface area contributed by atoms with Crippen LogP contribution in [0.2, 0.25) is 5.02 Å². The number of carbonyl (C=O) groups excluding carboxylic acids is 2. The zero-order valence-corrected chi connectivity index (χ0v) is 14.2. The first-order chi connectivity index (χ1) is 11.8. The average Bonchev–Trinajstić information content (AvgIpc) is 3.09. The third-order valence-electron chi connectivity index (χ3n) is 3.13. The highest BCUT2D eigenvalue weighted by atomic mass is 35.5. The van der Waals surface area contributed by atoms with Crippen molar-refractivity contribution in [1.82, 2.24) is 19.6 Å². The number of hydrogen-bond acceptors (Lipinski definition) is 7. The zero-order chi connectivity index (χ0) is 18.6. The fourth-order valence-electron chi connectivity index (χ4n) is 1.98. The Bertz CT molecular complexity index is 814. The molecular weight excluding hydrogens is 356 g/mol. The van der Waals surface area contributed by atoms with Gasteiger partial charge < -0.3 is 20.2 Å². The Morgan fingerprint density at radius 1 is 1.48 bits per heavy atom. The lowest BCUT2D eigenvalue weighted by molar-refractivity contribution is -0.389. The Hall–Kier alpha value is -2.95. The number of nitrogens with zero attached hydrogens (tertiary/aromatic N) is 5. The number of rotatable bonds is 7. The summed E-state index contributed by atoms with van der Waals surface area (Å²) < 4.78 is 7.43. The van der Waals surface area contributed by atoms with E-state index in [1.54, 1.807) is 14.0 Å². The van der Waals surface area contributed by atoms with E-state index in [0.29, 0.717) is 0 Å². The number of carbonyl (C=O) groups is 2. The lowest BCUT2D eigenvalue weighted by atomic mass is 10.3. The van der Waals surface area contributed by atoms with Crippen LogP contribution in [0.3, 0.4) is 0 Å². The Kier molecular flexibility index (Phi) is 5.70. The largest absolute Gasteiger partial charge is 0.462 e. The molecule has 0 aliphatic carbocycles. The van der Waals surface area contributed by atoms with E-state index in [1.165, 1.54) is 21.8 Å². The Balaban J connectivity index is 2.01. The van der Waals surface area contributed by atoms with E-state index in [0.717, 1.165) is 0 Å². The second-order valence-electron chi connectivity index (χ2n) is 4.87. The number of nitrogens with one attached hydrogen (secondary N) is 1. The molecule has 0 bridgehead atoms. The van der Waals surface area contributed by atoms with Gasteiger partial charge in [-0.25, -0.2) is 4.79 Å². The van der Waals surface area contributed by atoms with E-state index in [4.69, 9.17) is 16.3 Å². The molecule has 2 aromatic heterocycles. The van der Waals surface area contributed by atoms with E-state index < -0.39 is 22.6 Å². The van der Waals surface area contributed by atoms with Gasteiger partial charge in [-0.3, -0.25) is 9.48 Å².